The van der Waals surface area contributed by atoms with Gasteiger partial charge in [0, 0.05) is 12.1 Å². The first-order valence-electron chi connectivity index (χ1n) is 6.28. The van der Waals surface area contributed by atoms with Crippen molar-refractivity contribution in [2.75, 3.05) is 5.32 Å². The van der Waals surface area contributed by atoms with E-state index >= 15 is 0 Å². The van der Waals surface area contributed by atoms with E-state index in [0.717, 1.165) is 16.6 Å². The molecule has 0 spiro atoms. The molecule has 1 heterocycles. The van der Waals surface area contributed by atoms with E-state index in [1.165, 1.54) is 12.1 Å². The van der Waals surface area contributed by atoms with Crippen LogP contribution in [0.2, 0.25) is 0 Å². The molecule has 1 aromatic heterocycles. The summed E-state index contributed by atoms with van der Waals surface area (Å²) in [7, 11) is 0. The first-order chi connectivity index (χ1) is 9.72. The quantitative estimate of drug-likeness (QED) is 0.751. The summed E-state index contributed by atoms with van der Waals surface area (Å²) in [6, 6.07) is 14.0. The van der Waals surface area contributed by atoms with Crippen molar-refractivity contribution < 1.29 is 8.78 Å². The van der Waals surface area contributed by atoms with Gasteiger partial charge < -0.3 is 10.3 Å². The first kappa shape index (κ1) is 12.6. The molecule has 0 saturated carbocycles. The Bertz CT molecular complexity index is 671. The van der Waals surface area contributed by atoms with Gasteiger partial charge in [0.25, 0.3) is 6.43 Å². The summed E-state index contributed by atoms with van der Waals surface area (Å²) in [5.41, 5.74) is 2.82. The van der Waals surface area contributed by atoms with Crippen molar-refractivity contribution in [3.63, 3.8) is 0 Å². The number of H-pyrrole nitrogens is 1. The van der Waals surface area contributed by atoms with Gasteiger partial charge in [0.05, 0.1) is 11.0 Å². The van der Waals surface area contributed by atoms with Crippen LogP contribution in [0.3, 0.4) is 0 Å². The van der Waals surface area contributed by atoms with Gasteiger partial charge in [-0.3, -0.25) is 0 Å². The molecular weight excluding hydrogens is 260 g/mol. The zero-order valence-electron chi connectivity index (χ0n) is 10.6. The molecule has 3 rings (SSSR count). The predicted octanol–water partition coefficient (Wildman–Crippen LogP) is 4.11. The molecule has 2 aromatic carbocycles. The zero-order valence-corrected chi connectivity index (χ0v) is 10.6. The number of imidazole rings is 1. The van der Waals surface area contributed by atoms with E-state index in [2.05, 4.69) is 15.3 Å². The number of para-hydroxylation sites is 2. The Morgan fingerprint density at radius 1 is 1.05 bits per heavy atom. The van der Waals surface area contributed by atoms with Crippen molar-refractivity contribution in [2.24, 2.45) is 0 Å². The molecule has 3 nitrogen and oxygen atoms in total. The maximum absolute atomic E-state index is 12.4. The van der Waals surface area contributed by atoms with Gasteiger partial charge in [0.15, 0.2) is 0 Å². The lowest BCUT2D eigenvalue weighted by atomic mass is 10.1. The van der Waals surface area contributed by atoms with Gasteiger partial charge in [-0.05, 0) is 17.7 Å². The summed E-state index contributed by atoms with van der Waals surface area (Å²) in [6.45, 7) is 0.531. The number of nitrogens with zero attached hydrogens (tertiary/aromatic N) is 1. The second-order valence-corrected chi connectivity index (χ2v) is 4.50. The van der Waals surface area contributed by atoms with Gasteiger partial charge in [0.1, 0.15) is 0 Å². The molecular formula is C15H13F2N3. The molecule has 5 heteroatoms. The molecule has 3 aromatic rings. The fourth-order valence-electron chi connectivity index (χ4n) is 2.00. The van der Waals surface area contributed by atoms with Crippen LogP contribution in [0.5, 0.6) is 0 Å². The minimum Gasteiger partial charge on any atom is -0.352 e. The Morgan fingerprint density at radius 3 is 2.50 bits per heavy atom. The summed E-state index contributed by atoms with van der Waals surface area (Å²) < 4.78 is 24.9. The number of halogens is 2. The molecule has 0 radical (unpaired) electrons. The average Bonchev–Trinajstić information content (AvgIpc) is 2.88. The third-order valence-corrected chi connectivity index (χ3v) is 3.08. The Hall–Kier alpha value is -2.43. The van der Waals surface area contributed by atoms with Crippen molar-refractivity contribution in [2.45, 2.75) is 13.0 Å². The van der Waals surface area contributed by atoms with Crippen molar-refractivity contribution in [1.29, 1.82) is 0 Å². The van der Waals surface area contributed by atoms with Crippen LogP contribution in [0.15, 0.2) is 48.5 Å². The maximum atomic E-state index is 12.4. The minimum atomic E-state index is -2.42. The second kappa shape index (κ2) is 5.28. The molecule has 0 unspecified atom stereocenters. The van der Waals surface area contributed by atoms with E-state index in [-0.39, 0.29) is 5.56 Å². The van der Waals surface area contributed by atoms with Crippen LogP contribution in [-0.2, 0) is 6.54 Å². The molecule has 0 amide bonds. The number of rotatable bonds is 4. The third-order valence-electron chi connectivity index (χ3n) is 3.08. The molecule has 0 aliphatic carbocycles. The highest BCUT2D eigenvalue weighted by molar-refractivity contribution is 5.77. The Morgan fingerprint density at radius 2 is 1.80 bits per heavy atom. The van der Waals surface area contributed by atoms with Crippen LogP contribution in [0.4, 0.5) is 14.7 Å². The number of benzene rings is 2. The van der Waals surface area contributed by atoms with Crippen LogP contribution < -0.4 is 5.32 Å². The number of nitrogens with one attached hydrogen (secondary N) is 2. The average molecular weight is 273 g/mol. The molecule has 2 N–H and O–H groups in total. The topological polar surface area (TPSA) is 40.7 Å². The molecule has 0 aliphatic rings. The van der Waals surface area contributed by atoms with Crippen LogP contribution in [-0.4, -0.2) is 9.97 Å². The Kier molecular flexibility index (Phi) is 3.33. The molecule has 0 bridgehead atoms. The van der Waals surface area contributed by atoms with Crippen molar-refractivity contribution in [3.8, 4) is 0 Å². The van der Waals surface area contributed by atoms with Crippen molar-refractivity contribution in [3.05, 3.63) is 59.7 Å². The first-order valence-corrected chi connectivity index (χ1v) is 6.28. The maximum Gasteiger partial charge on any atom is 0.263 e. The van der Waals surface area contributed by atoms with Crippen molar-refractivity contribution in [1.82, 2.24) is 9.97 Å². The number of hydrogen-bond acceptors (Lipinski definition) is 2. The lowest BCUT2D eigenvalue weighted by Crippen LogP contribution is -2.00. The van der Waals surface area contributed by atoms with Crippen LogP contribution in [0.1, 0.15) is 17.6 Å². The number of alkyl halides is 2. The highest BCUT2D eigenvalue weighted by Crippen LogP contribution is 2.19. The van der Waals surface area contributed by atoms with E-state index in [1.54, 1.807) is 12.1 Å². The van der Waals surface area contributed by atoms with Gasteiger partial charge in [-0.2, -0.15) is 0 Å². The highest BCUT2D eigenvalue weighted by Gasteiger charge is 2.06. The highest BCUT2D eigenvalue weighted by atomic mass is 19.3. The van der Waals surface area contributed by atoms with Gasteiger partial charge >= 0.3 is 0 Å². The fraction of sp³-hybridized carbons (Fsp3) is 0.133. The fourth-order valence-corrected chi connectivity index (χ4v) is 2.00. The third kappa shape index (κ3) is 2.61. The number of hydrogen-bond donors (Lipinski definition) is 2. The van der Waals surface area contributed by atoms with E-state index in [4.69, 9.17) is 0 Å². The van der Waals surface area contributed by atoms with Gasteiger partial charge in [-0.1, -0.05) is 36.4 Å². The predicted molar refractivity (Wildman–Crippen MR) is 74.8 cm³/mol. The molecule has 0 atom stereocenters. The van der Waals surface area contributed by atoms with Gasteiger partial charge in [0.2, 0.25) is 5.95 Å². The van der Waals surface area contributed by atoms with E-state index in [0.29, 0.717) is 12.5 Å². The normalized spacial score (nSPS) is 11.2. The summed E-state index contributed by atoms with van der Waals surface area (Å²) in [4.78, 5) is 7.54. The SMILES string of the molecule is FC(F)c1ccc(CNc2nc3ccccc3[nH]2)cc1. The standard InChI is InChI=1S/C15H13F2N3/c16-14(17)11-7-5-10(6-8-11)9-18-15-19-12-3-1-2-4-13(12)20-15/h1-8,14H,9H2,(H2,18,19,20). The molecule has 102 valence electrons. The Labute approximate surface area is 114 Å². The molecule has 0 fully saturated rings. The van der Waals surface area contributed by atoms with Crippen LogP contribution in [0, 0.1) is 0 Å². The lowest BCUT2D eigenvalue weighted by Gasteiger charge is -2.04. The van der Waals surface area contributed by atoms with E-state index in [1.807, 2.05) is 24.3 Å². The van der Waals surface area contributed by atoms with Crippen molar-refractivity contribution >= 4 is 17.0 Å². The molecule has 0 aliphatic heterocycles. The van der Waals surface area contributed by atoms with E-state index in [9.17, 15) is 8.78 Å². The van der Waals surface area contributed by atoms with Gasteiger partial charge in [-0.25, -0.2) is 13.8 Å². The summed E-state index contributed by atoms with van der Waals surface area (Å²) in [6.07, 6.45) is -2.42. The Balaban J connectivity index is 1.69. The number of aromatic nitrogens is 2. The second-order valence-electron chi connectivity index (χ2n) is 4.50. The number of aromatic amines is 1. The summed E-state index contributed by atoms with van der Waals surface area (Å²) >= 11 is 0. The molecule has 0 saturated heterocycles. The number of anilines is 1. The van der Waals surface area contributed by atoms with Crippen LogP contribution >= 0.6 is 0 Å². The lowest BCUT2D eigenvalue weighted by molar-refractivity contribution is 0.151. The molecule has 20 heavy (non-hydrogen) atoms. The number of fused-ring (bicyclic) bond motifs is 1. The smallest absolute Gasteiger partial charge is 0.263 e. The summed E-state index contributed by atoms with van der Waals surface area (Å²) in [5, 5.41) is 3.14. The summed E-state index contributed by atoms with van der Waals surface area (Å²) in [5.74, 6) is 0.670. The minimum absolute atomic E-state index is 0.0393. The zero-order chi connectivity index (χ0) is 13.9. The largest absolute Gasteiger partial charge is 0.352 e. The van der Waals surface area contributed by atoms with Crippen LogP contribution in [0.25, 0.3) is 11.0 Å². The monoisotopic (exact) mass is 273 g/mol. The van der Waals surface area contributed by atoms with Gasteiger partial charge in [-0.15, -0.1) is 0 Å². The van der Waals surface area contributed by atoms with E-state index < -0.39 is 6.43 Å².